The van der Waals surface area contributed by atoms with Crippen LogP contribution in [-0.4, -0.2) is 22.7 Å². The monoisotopic (exact) mass is 292 g/mol. The zero-order valence-corrected chi connectivity index (χ0v) is 12.6. The molecule has 4 nitrogen and oxygen atoms in total. The largest absolute Gasteiger partial charge is 0.496 e. The van der Waals surface area contributed by atoms with Gasteiger partial charge in [0.2, 0.25) is 5.78 Å². The Morgan fingerprint density at radius 3 is 2.80 bits per heavy atom. The maximum atomic E-state index is 12.6. The second-order valence-electron chi connectivity index (χ2n) is 4.58. The number of rotatable bonds is 5. The van der Waals surface area contributed by atoms with Crippen molar-refractivity contribution in [2.45, 2.75) is 26.8 Å². The maximum Gasteiger partial charge on any atom is 0.212 e. The van der Waals surface area contributed by atoms with Crippen molar-refractivity contribution in [2.75, 3.05) is 7.11 Å². The van der Waals surface area contributed by atoms with Crippen molar-refractivity contribution < 1.29 is 9.53 Å². The average molecular weight is 293 g/mol. The van der Waals surface area contributed by atoms with Crippen LogP contribution >= 0.6 is 11.6 Å². The maximum absolute atomic E-state index is 12.6. The minimum absolute atomic E-state index is 0.119. The summed E-state index contributed by atoms with van der Waals surface area (Å²) in [6, 6.07) is 5.34. The highest BCUT2D eigenvalue weighted by molar-refractivity contribution is 6.34. The van der Waals surface area contributed by atoms with Crippen LogP contribution in [0.1, 0.15) is 35.0 Å². The topological polar surface area (TPSA) is 44.1 Å². The first-order chi connectivity index (χ1) is 9.58. The molecular weight excluding hydrogens is 276 g/mol. The Bertz CT molecular complexity index is 635. The molecule has 0 amide bonds. The van der Waals surface area contributed by atoms with Gasteiger partial charge in [-0.3, -0.25) is 9.48 Å². The number of nitrogens with zero attached hydrogens (tertiary/aromatic N) is 2. The minimum atomic E-state index is -0.119. The van der Waals surface area contributed by atoms with Crippen molar-refractivity contribution in [1.29, 1.82) is 0 Å². The van der Waals surface area contributed by atoms with E-state index in [0.29, 0.717) is 22.8 Å². The molecule has 0 bridgehead atoms. The molecule has 2 rings (SSSR count). The number of aromatic nitrogens is 2. The number of aryl methyl sites for hydroxylation is 2. The highest BCUT2D eigenvalue weighted by atomic mass is 35.5. The van der Waals surface area contributed by atoms with E-state index in [2.05, 4.69) is 5.10 Å². The summed E-state index contributed by atoms with van der Waals surface area (Å²) < 4.78 is 6.86. The van der Waals surface area contributed by atoms with Gasteiger partial charge in [0.15, 0.2) is 0 Å². The molecule has 0 aliphatic carbocycles. The van der Waals surface area contributed by atoms with Gasteiger partial charge < -0.3 is 4.74 Å². The van der Waals surface area contributed by atoms with Gasteiger partial charge in [-0.05, 0) is 37.1 Å². The molecule has 0 unspecified atom stereocenters. The SMILES string of the molecule is CCCn1ncc(Cl)c1C(=O)c1ccc(OC)c(C)c1. The molecule has 0 fully saturated rings. The Kier molecular flexibility index (Phi) is 4.45. The normalized spacial score (nSPS) is 10.6. The summed E-state index contributed by atoms with van der Waals surface area (Å²) in [5.41, 5.74) is 1.94. The number of hydrogen-bond donors (Lipinski definition) is 0. The molecule has 0 aliphatic heterocycles. The van der Waals surface area contributed by atoms with Crippen molar-refractivity contribution in [2.24, 2.45) is 0 Å². The van der Waals surface area contributed by atoms with Crippen molar-refractivity contribution >= 4 is 17.4 Å². The Balaban J connectivity index is 2.41. The summed E-state index contributed by atoms with van der Waals surface area (Å²) >= 11 is 6.09. The van der Waals surface area contributed by atoms with E-state index in [4.69, 9.17) is 16.3 Å². The van der Waals surface area contributed by atoms with Crippen LogP contribution in [0.2, 0.25) is 5.02 Å². The van der Waals surface area contributed by atoms with E-state index >= 15 is 0 Å². The lowest BCUT2D eigenvalue weighted by Gasteiger charge is -2.09. The minimum Gasteiger partial charge on any atom is -0.496 e. The van der Waals surface area contributed by atoms with E-state index in [1.54, 1.807) is 30.0 Å². The first-order valence-corrected chi connectivity index (χ1v) is 6.87. The molecule has 1 aromatic carbocycles. The van der Waals surface area contributed by atoms with Crippen LogP contribution in [-0.2, 0) is 6.54 Å². The van der Waals surface area contributed by atoms with Gasteiger partial charge in [-0.25, -0.2) is 0 Å². The first-order valence-electron chi connectivity index (χ1n) is 6.49. The molecule has 1 aromatic heterocycles. The van der Waals surface area contributed by atoms with E-state index in [9.17, 15) is 4.79 Å². The fraction of sp³-hybridized carbons (Fsp3) is 0.333. The lowest BCUT2D eigenvalue weighted by Crippen LogP contribution is -2.12. The van der Waals surface area contributed by atoms with E-state index in [-0.39, 0.29) is 5.78 Å². The number of ether oxygens (including phenoxy) is 1. The van der Waals surface area contributed by atoms with Crippen molar-refractivity contribution in [3.8, 4) is 5.75 Å². The molecule has 0 atom stereocenters. The number of halogens is 1. The summed E-state index contributed by atoms with van der Waals surface area (Å²) in [6.45, 7) is 4.60. The highest BCUT2D eigenvalue weighted by Gasteiger charge is 2.19. The smallest absolute Gasteiger partial charge is 0.212 e. The zero-order valence-electron chi connectivity index (χ0n) is 11.8. The number of carbonyl (C=O) groups excluding carboxylic acids is 1. The molecule has 0 spiro atoms. The van der Waals surface area contributed by atoms with Crippen LogP contribution in [0.3, 0.4) is 0 Å². The van der Waals surface area contributed by atoms with Crippen LogP contribution in [0.25, 0.3) is 0 Å². The van der Waals surface area contributed by atoms with E-state index in [1.165, 1.54) is 6.20 Å². The third-order valence-corrected chi connectivity index (χ3v) is 3.38. The van der Waals surface area contributed by atoms with Crippen molar-refractivity contribution in [1.82, 2.24) is 9.78 Å². The molecule has 2 aromatic rings. The summed E-state index contributed by atoms with van der Waals surface area (Å²) in [5, 5.41) is 4.53. The highest BCUT2D eigenvalue weighted by Crippen LogP contribution is 2.23. The second kappa shape index (κ2) is 6.09. The lowest BCUT2D eigenvalue weighted by molar-refractivity contribution is 0.102. The molecule has 0 aliphatic rings. The summed E-state index contributed by atoms with van der Waals surface area (Å²) in [7, 11) is 1.61. The van der Waals surface area contributed by atoms with Gasteiger partial charge in [-0.2, -0.15) is 5.10 Å². The van der Waals surface area contributed by atoms with Gasteiger partial charge in [-0.1, -0.05) is 18.5 Å². The summed E-state index contributed by atoms with van der Waals surface area (Å²) in [6.07, 6.45) is 2.40. The molecule has 0 saturated heterocycles. The average Bonchev–Trinajstić information content (AvgIpc) is 2.79. The van der Waals surface area contributed by atoms with Gasteiger partial charge in [0, 0.05) is 12.1 Å². The third-order valence-electron chi connectivity index (χ3n) is 3.10. The quantitative estimate of drug-likeness (QED) is 0.792. The van der Waals surface area contributed by atoms with E-state index in [0.717, 1.165) is 17.7 Å². The Morgan fingerprint density at radius 2 is 2.20 bits per heavy atom. The molecule has 0 radical (unpaired) electrons. The summed E-state index contributed by atoms with van der Waals surface area (Å²) in [4.78, 5) is 12.6. The lowest BCUT2D eigenvalue weighted by atomic mass is 10.0. The summed E-state index contributed by atoms with van der Waals surface area (Å²) in [5.74, 6) is 0.640. The van der Waals surface area contributed by atoms with Gasteiger partial charge in [0.1, 0.15) is 11.4 Å². The van der Waals surface area contributed by atoms with Crippen LogP contribution < -0.4 is 4.74 Å². The molecule has 1 heterocycles. The van der Waals surface area contributed by atoms with Crippen LogP contribution in [0.4, 0.5) is 0 Å². The van der Waals surface area contributed by atoms with Gasteiger partial charge >= 0.3 is 0 Å². The standard InChI is InChI=1S/C15H17ClN2O2/c1-4-7-18-14(12(16)9-17-18)15(19)11-5-6-13(20-3)10(2)8-11/h5-6,8-9H,4,7H2,1-3H3. The molecule has 0 N–H and O–H groups in total. The first kappa shape index (κ1) is 14.6. The molecule has 0 saturated carbocycles. The Labute approximate surface area is 123 Å². The Morgan fingerprint density at radius 1 is 1.45 bits per heavy atom. The van der Waals surface area contributed by atoms with Crippen molar-refractivity contribution in [3.63, 3.8) is 0 Å². The van der Waals surface area contributed by atoms with E-state index < -0.39 is 0 Å². The van der Waals surface area contributed by atoms with Crippen LogP contribution in [0.5, 0.6) is 5.75 Å². The predicted molar refractivity (Wildman–Crippen MR) is 78.7 cm³/mol. The number of carbonyl (C=O) groups is 1. The number of methoxy groups -OCH3 is 1. The fourth-order valence-electron chi connectivity index (χ4n) is 2.13. The Hall–Kier alpha value is -1.81. The van der Waals surface area contributed by atoms with E-state index in [1.807, 2.05) is 13.8 Å². The molecular formula is C15H17ClN2O2. The third kappa shape index (κ3) is 2.70. The molecule has 20 heavy (non-hydrogen) atoms. The second-order valence-corrected chi connectivity index (χ2v) is 4.98. The van der Waals surface area contributed by atoms with Crippen LogP contribution in [0, 0.1) is 6.92 Å². The van der Waals surface area contributed by atoms with Gasteiger partial charge in [0.05, 0.1) is 18.3 Å². The van der Waals surface area contributed by atoms with Gasteiger partial charge in [0.25, 0.3) is 0 Å². The predicted octanol–water partition coefficient (Wildman–Crippen LogP) is 3.49. The van der Waals surface area contributed by atoms with Crippen LogP contribution in [0.15, 0.2) is 24.4 Å². The van der Waals surface area contributed by atoms with Gasteiger partial charge in [-0.15, -0.1) is 0 Å². The number of benzene rings is 1. The number of ketones is 1. The zero-order chi connectivity index (χ0) is 14.7. The molecule has 5 heteroatoms. The van der Waals surface area contributed by atoms with Crippen molar-refractivity contribution in [3.05, 3.63) is 46.2 Å². The number of hydrogen-bond acceptors (Lipinski definition) is 3. The molecule has 106 valence electrons. The fourth-order valence-corrected chi connectivity index (χ4v) is 2.35.